The maximum absolute atomic E-state index is 13.9. The van der Waals surface area contributed by atoms with Crippen LogP contribution in [0, 0.1) is 5.82 Å². The van der Waals surface area contributed by atoms with Crippen LogP contribution in [0.25, 0.3) is 22.8 Å². The van der Waals surface area contributed by atoms with Crippen molar-refractivity contribution in [3.63, 3.8) is 0 Å². The summed E-state index contributed by atoms with van der Waals surface area (Å²) in [6.45, 7) is 4.00. The molecule has 0 atom stereocenters. The molecule has 0 fully saturated rings. The number of carbonyl (C=O) groups excluding carboxylic acids is 2. The molecule has 0 aliphatic carbocycles. The number of urea groups is 1. The molecule has 0 unspecified atom stereocenters. The number of hydrogen-bond donors (Lipinski definition) is 2. The molecule has 0 saturated carbocycles. The lowest BCUT2D eigenvalue weighted by molar-refractivity contribution is 0.0967. The molecule has 4 rings (SSSR count). The highest BCUT2D eigenvalue weighted by Gasteiger charge is 2.16. The summed E-state index contributed by atoms with van der Waals surface area (Å²) < 4.78 is 19.0. The minimum absolute atomic E-state index is 0.0141. The molecular weight excluding hydrogens is 415 g/mol. The first-order valence-corrected chi connectivity index (χ1v) is 9.68. The van der Waals surface area contributed by atoms with E-state index in [4.69, 9.17) is 4.52 Å². The van der Waals surface area contributed by atoms with Crippen LogP contribution in [0.15, 0.2) is 71.5 Å². The van der Waals surface area contributed by atoms with Gasteiger partial charge in [0.2, 0.25) is 11.8 Å². The molecule has 2 heterocycles. The number of hydrogen-bond acceptors (Lipinski definition) is 7. The van der Waals surface area contributed by atoms with Crippen LogP contribution in [-0.4, -0.2) is 32.0 Å². The molecule has 0 aliphatic rings. The van der Waals surface area contributed by atoms with Gasteiger partial charge in [0, 0.05) is 23.5 Å². The Morgan fingerprint density at radius 1 is 0.969 bits per heavy atom. The van der Waals surface area contributed by atoms with Gasteiger partial charge in [-0.15, -0.1) is 0 Å². The Morgan fingerprint density at radius 3 is 2.47 bits per heavy atom. The lowest BCUT2D eigenvalue weighted by atomic mass is 10.1. The van der Waals surface area contributed by atoms with Gasteiger partial charge in [0.05, 0.1) is 5.56 Å². The number of imide groups is 1. The topological polar surface area (TPSA) is 123 Å². The standard InChI is InChI=1S/C20H13FN6O3.C2H6/c21-15-8-2-1-7-14(15)18-24-16(27-30-18)12-5-3-6-13(11-12)17(28)25-20(29)26-19-22-9-4-10-23-19;1-2/h1-11H,(H2,22,23,25,26,28,29);1-2H3. The highest BCUT2D eigenvalue weighted by Crippen LogP contribution is 2.24. The Morgan fingerprint density at radius 2 is 1.72 bits per heavy atom. The zero-order valence-corrected chi connectivity index (χ0v) is 17.2. The molecule has 2 N–H and O–H groups in total. The summed E-state index contributed by atoms with van der Waals surface area (Å²) in [5, 5.41) is 8.37. The molecular formula is C22H19FN6O3. The number of carbonyl (C=O) groups is 2. The molecule has 162 valence electrons. The predicted molar refractivity (Wildman–Crippen MR) is 115 cm³/mol. The van der Waals surface area contributed by atoms with Crippen LogP contribution in [-0.2, 0) is 0 Å². The van der Waals surface area contributed by atoms with E-state index in [2.05, 4.69) is 30.7 Å². The third-order valence-corrected chi connectivity index (χ3v) is 3.93. The van der Waals surface area contributed by atoms with Gasteiger partial charge >= 0.3 is 6.03 Å². The van der Waals surface area contributed by atoms with Crippen molar-refractivity contribution >= 4 is 17.9 Å². The van der Waals surface area contributed by atoms with Gasteiger partial charge in [0.1, 0.15) is 5.82 Å². The monoisotopic (exact) mass is 434 g/mol. The second-order valence-corrected chi connectivity index (χ2v) is 5.96. The fraction of sp³-hybridized carbons (Fsp3) is 0.0909. The Bertz CT molecular complexity index is 1210. The summed E-state index contributed by atoms with van der Waals surface area (Å²) in [6, 6.07) is 13.1. The number of amides is 3. The Balaban J connectivity index is 0.00000141. The molecule has 0 spiro atoms. The number of nitrogens with zero attached hydrogens (tertiary/aromatic N) is 4. The van der Waals surface area contributed by atoms with E-state index in [1.165, 1.54) is 36.7 Å². The number of nitrogens with one attached hydrogen (secondary N) is 2. The molecule has 2 aromatic heterocycles. The summed E-state index contributed by atoms with van der Waals surface area (Å²) in [7, 11) is 0. The van der Waals surface area contributed by atoms with Gasteiger partial charge in [0.25, 0.3) is 11.8 Å². The molecule has 4 aromatic rings. The average molecular weight is 434 g/mol. The van der Waals surface area contributed by atoms with Crippen molar-refractivity contribution in [2.45, 2.75) is 13.8 Å². The predicted octanol–water partition coefficient (Wildman–Crippen LogP) is 4.32. The van der Waals surface area contributed by atoms with E-state index in [1.807, 2.05) is 13.8 Å². The van der Waals surface area contributed by atoms with Crippen molar-refractivity contribution in [3.8, 4) is 22.8 Å². The summed E-state index contributed by atoms with van der Waals surface area (Å²) in [5.74, 6) is -0.897. The maximum atomic E-state index is 13.9. The average Bonchev–Trinajstić information content (AvgIpc) is 3.31. The largest absolute Gasteiger partial charge is 0.334 e. The molecule has 0 saturated heterocycles. The normalized spacial score (nSPS) is 9.97. The van der Waals surface area contributed by atoms with Crippen molar-refractivity contribution in [1.29, 1.82) is 0 Å². The second kappa shape index (κ2) is 10.5. The fourth-order valence-electron chi connectivity index (χ4n) is 2.56. The Hall–Kier alpha value is -4.47. The van der Waals surface area contributed by atoms with Crippen molar-refractivity contribution < 1.29 is 18.5 Å². The van der Waals surface area contributed by atoms with E-state index >= 15 is 0 Å². The van der Waals surface area contributed by atoms with Crippen LogP contribution in [0.5, 0.6) is 0 Å². The third-order valence-electron chi connectivity index (χ3n) is 3.93. The van der Waals surface area contributed by atoms with Gasteiger partial charge in [-0.1, -0.05) is 43.3 Å². The SMILES string of the molecule is CC.O=C(NC(=O)c1cccc(-c2noc(-c3ccccc3F)n2)c1)Nc1ncccn1. The lowest BCUT2D eigenvalue weighted by Crippen LogP contribution is -2.34. The van der Waals surface area contributed by atoms with Gasteiger partial charge in [-0.05, 0) is 30.3 Å². The van der Waals surface area contributed by atoms with Crippen molar-refractivity contribution in [1.82, 2.24) is 25.4 Å². The summed E-state index contributed by atoms with van der Waals surface area (Å²) in [5.41, 5.74) is 0.819. The van der Waals surface area contributed by atoms with E-state index in [-0.39, 0.29) is 28.8 Å². The molecule has 2 aromatic carbocycles. The van der Waals surface area contributed by atoms with Crippen LogP contribution in [0.2, 0.25) is 0 Å². The molecule has 10 heteroatoms. The lowest BCUT2D eigenvalue weighted by Gasteiger charge is -2.06. The summed E-state index contributed by atoms with van der Waals surface area (Å²) in [4.78, 5) is 36.2. The van der Waals surface area contributed by atoms with Crippen LogP contribution < -0.4 is 10.6 Å². The number of benzene rings is 2. The minimum Gasteiger partial charge on any atom is -0.334 e. The molecule has 0 bridgehead atoms. The molecule has 0 aliphatic heterocycles. The van der Waals surface area contributed by atoms with Gasteiger partial charge in [0.15, 0.2) is 0 Å². The second-order valence-electron chi connectivity index (χ2n) is 5.96. The van der Waals surface area contributed by atoms with Crippen molar-refractivity contribution in [2.75, 3.05) is 5.32 Å². The van der Waals surface area contributed by atoms with Crippen LogP contribution >= 0.6 is 0 Å². The summed E-state index contributed by atoms with van der Waals surface area (Å²) >= 11 is 0. The highest BCUT2D eigenvalue weighted by atomic mass is 19.1. The number of aromatic nitrogens is 4. The molecule has 32 heavy (non-hydrogen) atoms. The van der Waals surface area contributed by atoms with Crippen LogP contribution in [0.1, 0.15) is 24.2 Å². The smallest absolute Gasteiger partial charge is 0.328 e. The highest BCUT2D eigenvalue weighted by molar-refractivity contribution is 6.07. The number of rotatable bonds is 4. The molecule has 9 nitrogen and oxygen atoms in total. The Kier molecular flexibility index (Phi) is 7.31. The van der Waals surface area contributed by atoms with Gasteiger partial charge in [-0.2, -0.15) is 4.98 Å². The van der Waals surface area contributed by atoms with E-state index < -0.39 is 17.8 Å². The van der Waals surface area contributed by atoms with E-state index in [0.29, 0.717) is 5.56 Å². The van der Waals surface area contributed by atoms with Crippen LogP contribution in [0.4, 0.5) is 15.1 Å². The Labute approximate surface area is 182 Å². The number of halogens is 1. The molecule has 0 radical (unpaired) electrons. The molecule has 3 amide bonds. The van der Waals surface area contributed by atoms with Crippen LogP contribution in [0.3, 0.4) is 0 Å². The first-order valence-electron chi connectivity index (χ1n) is 9.68. The number of anilines is 1. The third kappa shape index (κ3) is 5.36. The zero-order valence-electron chi connectivity index (χ0n) is 17.2. The van der Waals surface area contributed by atoms with Crippen molar-refractivity contribution in [2.24, 2.45) is 0 Å². The first kappa shape index (κ1) is 22.2. The quantitative estimate of drug-likeness (QED) is 0.490. The van der Waals surface area contributed by atoms with E-state index in [0.717, 1.165) is 0 Å². The minimum atomic E-state index is -0.780. The van der Waals surface area contributed by atoms with Crippen molar-refractivity contribution in [3.05, 3.63) is 78.4 Å². The van der Waals surface area contributed by atoms with Gasteiger partial charge in [-0.3, -0.25) is 15.4 Å². The van der Waals surface area contributed by atoms with E-state index in [1.54, 1.807) is 30.3 Å². The first-order chi connectivity index (χ1) is 15.6. The summed E-state index contributed by atoms with van der Waals surface area (Å²) in [6.07, 6.45) is 2.91. The zero-order chi connectivity index (χ0) is 22.9. The maximum Gasteiger partial charge on any atom is 0.328 e. The van der Waals surface area contributed by atoms with E-state index in [9.17, 15) is 14.0 Å². The fourth-order valence-corrected chi connectivity index (χ4v) is 2.56. The van der Waals surface area contributed by atoms with Gasteiger partial charge < -0.3 is 4.52 Å². The van der Waals surface area contributed by atoms with Gasteiger partial charge in [-0.25, -0.2) is 19.2 Å².